The Balaban J connectivity index is 0.00000274. The summed E-state index contributed by atoms with van der Waals surface area (Å²) < 4.78 is 21.4. The number of benzene rings is 2. The minimum absolute atomic E-state index is 0. The SMILES string of the molecule is COc1ccc2onc(N3CCN(CCCCNC(=O)c4ccc5c(c4)OCO5)CC3)c2c1.Cl. The van der Waals surface area contributed by atoms with Crippen LogP contribution in [-0.2, 0) is 0 Å². The smallest absolute Gasteiger partial charge is 0.251 e. The number of unbranched alkanes of at least 4 members (excludes halogenated alkanes) is 1. The number of anilines is 1. The van der Waals surface area contributed by atoms with E-state index in [0.29, 0.717) is 23.6 Å². The summed E-state index contributed by atoms with van der Waals surface area (Å²) in [5, 5.41) is 8.26. The van der Waals surface area contributed by atoms with Gasteiger partial charge in [-0.2, -0.15) is 0 Å². The van der Waals surface area contributed by atoms with Crippen LogP contribution in [0.1, 0.15) is 23.2 Å². The molecular weight excluding hydrogens is 460 g/mol. The largest absolute Gasteiger partial charge is 0.497 e. The quantitative estimate of drug-likeness (QED) is 0.483. The van der Waals surface area contributed by atoms with Crippen LogP contribution in [0.2, 0.25) is 0 Å². The van der Waals surface area contributed by atoms with E-state index in [1.807, 2.05) is 18.2 Å². The lowest BCUT2D eigenvalue weighted by atomic mass is 10.2. The zero-order valence-electron chi connectivity index (χ0n) is 19.1. The Morgan fingerprint density at radius 3 is 2.71 bits per heavy atom. The van der Waals surface area contributed by atoms with Gasteiger partial charge in [0.1, 0.15) is 5.75 Å². The highest BCUT2D eigenvalue weighted by Gasteiger charge is 2.22. The molecule has 1 aromatic heterocycles. The van der Waals surface area contributed by atoms with Crippen LogP contribution in [0.15, 0.2) is 40.9 Å². The zero-order valence-corrected chi connectivity index (χ0v) is 19.9. The Kier molecular flexibility index (Phi) is 7.64. The molecular formula is C24H29ClN4O5. The van der Waals surface area contributed by atoms with Crippen molar-refractivity contribution in [1.29, 1.82) is 0 Å². The van der Waals surface area contributed by atoms with Gasteiger partial charge in [-0.15, -0.1) is 12.4 Å². The molecule has 3 aromatic rings. The van der Waals surface area contributed by atoms with E-state index in [-0.39, 0.29) is 25.1 Å². The number of carbonyl (C=O) groups is 1. The third-order valence-corrected chi connectivity index (χ3v) is 6.15. The van der Waals surface area contributed by atoms with E-state index in [1.165, 1.54) is 0 Å². The average molecular weight is 489 g/mol. The van der Waals surface area contributed by atoms with Gasteiger partial charge >= 0.3 is 0 Å². The molecule has 10 heteroatoms. The van der Waals surface area contributed by atoms with Crippen molar-refractivity contribution in [3.8, 4) is 17.2 Å². The summed E-state index contributed by atoms with van der Waals surface area (Å²) in [6.07, 6.45) is 1.97. The number of halogens is 1. The maximum absolute atomic E-state index is 12.3. The van der Waals surface area contributed by atoms with Crippen LogP contribution < -0.4 is 24.4 Å². The van der Waals surface area contributed by atoms with Gasteiger partial charge in [-0.05, 0) is 55.8 Å². The summed E-state index contributed by atoms with van der Waals surface area (Å²) in [6, 6.07) is 11.0. The van der Waals surface area contributed by atoms with Crippen LogP contribution in [0.5, 0.6) is 17.2 Å². The van der Waals surface area contributed by atoms with E-state index < -0.39 is 0 Å². The van der Waals surface area contributed by atoms with Crippen molar-refractivity contribution in [2.75, 3.05) is 58.1 Å². The molecule has 2 aromatic carbocycles. The average Bonchev–Trinajstić information content (AvgIpc) is 3.50. The van der Waals surface area contributed by atoms with Gasteiger partial charge in [0.05, 0.1) is 12.5 Å². The minimum Gasteiger partial charge on any atom is -0.497 e. The van der Waals surface area contributed by atoms with Crippen molar-refractivity contribution >= 4 is 35.1 Å². The summed E-state index contributed by atoms with van der Waals surface area (Å²) in [5.41, 5.74) is 1.37. The standard InChI is InChI=1S/C24H28N4O5.ClH/c1-30-18-5-7-20-19(15-18)23(26-33-20)28-12-10-27(11-13-28)9-3-2-8-25-24(29)17-4-6-21-22(14-17)32-16-31-21;/h4-7,14-15H,2-3,8-13,16H2,1H3,(H,25,29);1H. The topological polar surface area (TPSA) is 89.3 Å². The van der Waals surface area contributed by atoms with E-state index in [1.54, 1.807) is 25.3 Å². The second-order valence-corrected chi connectivity index (χ2v) is 8.23. The predicted octanol–water partition coefficient (Wildman–Crippen LogP) is 3.32. The Labute approximate surface area is 204 Å². The van der Waals surface area contributed by atoms with Crippen molar-refractivity contribution in [1.82, 2.24) is 15.4 Å². The van der Waals surface area contributed by atoms with Gasteiger partial charge in [0.2, 0.25) is 6.79 Å². The normalized spacial score (nSPS) is 15.3. The fourth-order valence-corrected chi connectivity index (χ4v) is 4.25. The second-order valence-electron chi connectivity index (χ2n) is 8.23. The van der Waals surface area contributed by atoms with Crippen molar-refractivity contribution in [2.24, 2.45) is 0 Å². The minimum atomic E-state index is -0.0848. The summed E-state index contributed by atoms with van der Waals surface area (Å²) in [6.45, 7) is 5.63. The molecule has 2 aliphatic rings. The molecule has 0 saturated carbocycles. The van der Waals surface area contributed by atoms with Crippen molar-refractivity contribution < 1.29 is 23.5 Å². The number of nitrogens with zero attached hydrogens (tertiary/aromatic N) is 3. The first-order valence-corrected chi connectivity index (χ1v) is 11.3. The number of aromatic nitrogens is 1. The van der Waals surface area contributed by atoms with Gasteiger partial charge in [-0.25, -0.2) is 0 Å². The lowest BCUT2D eigenvalue weighted by Gasteiger charge is -2.34. The number of amides is 1. The van der Waals surface area contributed by atoms with Crippen molar-refractivity contribution in [3.05, 3.63) is 42.0 Å². The number of ether oxygens (including phenoxy) is 3. The molecule has 0 aliphatic carbocycles. The molecule has 0 radical (unpaired) electrons. The summed E-state index contributed by atoms with van der Waals surface area (Å²) in [5.74, 6) is 2.91. The molecule has 1 amide bonds. The molecule has 1 fully saturated rings. The first-order valence-electron chi connectivity index (χ1n) is 11.3. The monoisotopic (exact) mass is 488 g/mol. The molecule has 1 saturated heterocycles. The molecule has 9 nitrogen and oxygen atoms in total. The molecule has 2 aliphatic heterocycles. The Bertz CT molecular complexity index is 1130. The number of hydrogen-bond acceptors (Lipinski definition) is 8. The van der Waals surface area contributed by atoms with E-state index in [0.717, 1.165) is 68.1 Å². The van der Waals surface area contributed by atoms with Gasteiger partial charge in [0, 0.05) is 38.3 Å². The highest BCUT2D eigenvalue weighted by Crippen LogP contribution is 2.32. The number of piperazine rings is 1. The Morgan fingerprint density at radius 2 is 1.88 bits per heavy atom. The first-order chi connectivity index (χ1) is 16.2. The number of rotatable bonds is 8. The predicted molar refractivity (Wildman–Crippen MR) is 131 cm³/mol. The maximum Gasteiger partial charge on any atom is 0.251 e. The summed E-state index contributed by atoms with van der Waals surface area (Å²) >= 11 is 0. The molecule has 182 valence electrons. The number of hydrogen-bond donors (Lipinski definition) is 1. The van der Waals surface area contributed by atoms with Crippen LogP contribution in [0.4, 0.5) is 5.82 Å². The van der Waals surface area contributed by atoms with Gasteiger partial charge in [-0.3, -0.25) is 9.69 Å². The number of methoxy groups -OCH3 is 1. The molecule has 5 rings (SSSR count). The van der Waals surface area contributed by atoms with E-state index in [9.17, 15) is 4.79 Å². The van der Waals surface area contributed by atoms with Crippen LogP contribution in [0, 0.1) is 0 Å². The third kappa shape index (κ3) is 5.15. The maximum atomic E-state index is 12.3. The van der Waals surface area contributed by atoms with Crippen molar-refractivity contribution in [2.45, 2.75) is 12.8 Å². The fourth-order valence-electron chi connectivity index (χ4n) is 4.25. The highest BCUT2D eigenvalue weighted by atomic mass is 35.5. The second kappa shape index (κ2) is 10.8. The lowest BCUT2D eigenvalue weighted by molar-refractivity contribution is 0.0952. The third-order valence-electron chi connectivity index (χ3n) is 6.15. The van der Waals surface area contributed by atoms with Crippen LogP contribution in [0.25, 0.3) is 11.0 Å². The molecule has 34 heavy (non-hydrogen) atoms. The van der Waals surface area contributed by atoms with Gasteiger partial charge in [0.25, 0.3) is 5.91 Å². The Morgan fingerprint density at radius 1 is 1.06 bits per heavy atom. The van der Waals surface area contributed by atoms with Crippen LogP contribution in [-0.4, -0.2) is 69.1 Å². The zero-order chi connectivity index (χ0) is 22.6. The van der Waals surface area contributed by atoms with Crippen LogP contribution in [0.3, 0.4) is 0 Å². The van der Waals surface area contributed by atoms with E-state index >= 15 is 0 Å². The van der Waals surface area contributed by atoms with E-state index in [4.69, 9.17) is 18.7 Å². The summed E-state index contributed by atoms with van der Waals surface area (Å²) in [4.78, 5) is 17.1. The molecule has 0 spiro atoms. The number of carbonyl (C=O) groups excluding carboxylic acids is 1. The van der Waals surface area contributed by atoms with Crippen molar-refractivity contribution in [3.63, 3.8) is 0 Å². The molecule has 0 atom stereocenters. The van der Waals surface area contributed by atoms with Gasteiger partial charge in [-0.1, -0.05) is 5.16 Å². The van der Waals surface area contributed by atoms with Gasteiger partial charge < -0.3 is 29.0 Å². The number of fused-ring (bicyclic) bond motifs is 2. The molecule has 0 bridgehead atoms. The van der Waals surface area contributed by atoms with E-state index in [2.05, 4.69) is 20.3 Å². The first kappa shape index (κ1) is 24.0. The molecule has 0 unspecified atom stereocenters. The summed E-state index contributed by atoms with van der Waals surface area (Å²) in [7, 11) is 1.66. The highest BCUT2D eigenvalue weighted by molar-refractivity contribution is 5.95. The number of nitrogens with one attached hydrogen (secondary N) is 1. The van der Waals surface area contributed by atoms with Gasteiger partial charge in [0.15, 0.2) is 22.9 Å². The lowest BCUT2D eigenvalue weighted by Crippen LogP contribution is -2.46. The molecule has 1 N–H and O–H groups in total. The fraction of sp³-hybridized carbons (Fsp3) is 0.417. The Hall–Kier alpha value is -3.17. The van der Waals surface area contributed by atoms with Crippen LogP contribution >= 0.6 is 12.4 Å². The molecule has 3 heterocycles.